The molecule has 0 saturated heterocycles. The summed E-state index contributed by atoms with van der Waals surface area (Å²) >= 11 is 6.27. The molecule has 0 atom stereocenters. The minimum Gasteiger partial charge on any atom is -0.507 e. The van der Waals surface area contributed by atoms with Crippen LogP contribution in [0.5, 0.6) is 46.0 Å². The van der Waals surface area contributed by atoms with Crippen molar-refractivity contribution >= 4 is 130 Å². The number of rotatable bonds is 8. The first-order chi connectivity index (χ1) is 65.1. The number of halogens is 2. The van der Waals surface area contributed by atoms with Crippen LogP contribution in [0.4, 0.5) is 8.78 Å². The molecule has 8 N–H and O–H groups in total. The van der Waals surface area contributed by atoms with Crippen molar-refractivity contribution in [3.8, 4) is 133 Å². The Balaban J connectivity index is 0.000000133. The monoisotopic (exact) mass is 2070 g/mol. The van der Waals surface area contributed by atoms with Crippen molar-refractivity contribution < 1.29 is 132 Å². The standard InChI is InChI=1S/2C19H12FNOS.C15H11NO.C13H9NO2.2C13H9NOS.2C9H7NO.4Zn/c2*20-14-8-5-12(6-9-14)13-7-10-17(22)15(11-13)19-21-16-3-1-2-4-18(16)23-19;17-14-8-4-3-7-13(14)15-12-6-2-1-5-11(12)9-10-16-15;3*15-11-7-3-1-5-9(11)13-14-10-6-2-4-8-12(10)16-13;2*11-8-5-1-3-7-4-2-6-10-9(7)8;;;;/h2*1-11,22H;1-10,17H;3*1-8,15H;2*1-6,11H;;;;. The van der Waals surface area contributed by atoms with Gasteiger partial charge in [0.2, 0.25) is 5.89 Å². The normalized spacial score (nSPS) is 10.4. The van der Waals surface area contributed by atoms with E-state index < -0.39 is 0 Å². The van der Waals surface area contributed by atoms with Gasteiger partial charge in [-0.3, -0.25) is 15.0 Å². The summed E-state index contributed by atoms with van der Waals surface area (Å²) in [6, 6.07) is 120. The summed E-state index contributed by atoms with van der Waals surface area (Å²) in [5.41, 5.74) is 15.4. The molecule has 656 valence electrons. The van der Waals surface area contributed by atoms with E-state index in [1.54, 1.807) is 138 Å². The second kappa shape index (κ2) is 47.6. The summed E-state index contributed by atoms with van der Waals surface area (Å²) in [6.07, 6.45) is 5.11. The molecule has 16 aromatic carbocycles. The van der Waals surface area contributed by atoms with E-state index in [-0.39, 0.29) is 136 Å². The van der Waals surface area contributed by atoms with Crippen molar-refractivity contribution in [3.05, 3.63) is 425 Å². The third-order valence-electron chi connectivity index (χ3n) is 20.7. The molecule has 0 aliphatic heterocycles. The Labute approximate surface area is 851 Å². The topological polar surface area (TPSA) is 278 Å². The van der Waals surface area contributed by atoms with Gasteiger partial charge < -0.3 is 45.3 Å². The number of phenolic OH excluding ortho intramolecular Hbond substituents is 8. The van der Waals surface area contributed by atoms with E-state index in [4.69, 9.17) is 4.42 Å². The molecule has 137 heavy (non-hydrogen) atoms. The summed E-state index contributed by atoms with van der Waals surface area (Å²) in [4.78, 5) is 34.9. The second-order valence-corrected chi connectivity index (χ2v) is 33.7. The fraction of sp³-hybridized carbons (Fsp3) is 0. The fourth-order valence-corrected chi connectivity index (χ4v) is 18.1. The molecule has 24 aromatic rings. The van der Waals surface area contributed by atoms with Gasteiger partial charge in [0.1, 0.15) is 94.2 Å². The number of hydrogen-bond donors (Lipinski definition) is 8. The average molecular weight is 2080 g/mol. The van der Waals surface area contributed by atoms with Crippen LogP contribution in [0.1, 0.15) is 0 Å². The van der Waals surface area contributed by atoms with Crippen LogP contribution in [0.2, 0.25) is 0 Å². The zero-order valence-corrected chi connectivity index (χ0v) is 88.2. The maximum Gasteiger partial charge on any atom is 0.231 e. The first-order valence-corrected chi connectivity index (χ1v) is 44.8. The van der Waals surface area contributed by atoms with E-state index in [1.807, 2.05) is 273 Å². The molecule has 0 unspecified atom stereocenters. The van der Waals surface area contributed by atoms with Crippen molar-refractivity contribution in [2.45, 2.75) is 0 Å². The van der Waals surface area contributed by atoms with Crippen molar-refractivity contribution in [3.63, 3.8) is 0 Å². The summed E-state index contributed by atoms with van der Waals surface area (Å²) in [7, 11) is 0. The molecule has 24 rings (SSSR count). The average Bonchev–Trinajstić information content (AvgIpc) is 1.65. The predicted octanol–water partition coefficient (Wildman–Crippen LogP) is 29.0. The number of oxazole rings is 1. The van der Waals surface area contributed by atoms with Crippen LogP contribution >= 0.6 is 45.3 Å². The number of thiazole rings is 4. The molecule has 0 saturated carbocycles. The van der Waals surface area contributed by atoms with Crippen molar-refractivity contribution in [2.75, 3.05) is 0 Å². The van der Waals surface area contributed by atoms with E-state index in [2.05, 4.69) is 39.9 Å². The maximum absolute atomic E-state index is 13.1. The molecule has 17 nitrogen and oxygen atoms in total. The molecule has 8 heterocycles. The third kappa shape index (κ3) is 24.6. The molecule has 0 spiro atoms. The number of fused-ring (bicyclic) bond motifs is 8. The largest absolute Gasteiger partial charge is 0.507 e. The Kier molecular flexibility index (Phi) is 34.8. The Morgan fingerprint density at radius 2 is 0.540 bits per heavy atom. The van der Waals surface area contributed by atoms with E-state index in [0.717, 1.165) is 138 Å². The van der Waals surface area contributed by atoms with Crippen LogP contribution in [0.3, 0.4) is 0 Å². The molecule has 0 bridgehead atoms. The minimum atomic E-state index is -0.265. The Morgan fingerprint density at radius 3 is 0.934 bits per heavy atom. The van der Waals surface area contributed by atoms with Crippen molar-refractivity contribution in [1.29, 1.82) is 0 Å². The van der Waals surface area contributed by atoms with Crippen LogP contribution in [-0.2, 0) is 77.9 Å². The van der Waals surface area contributed by atoms with Crippen molar-refractivity contribution in [2.24, 2.45) is 0 Å². The van der Waals surface area contributed by atoms with Crippen LogP contribution < -0.4 is 0 Å². The number of aromatic hydroxyl groups is 8. The molecule has 8 aromatic heterocycles. The quantitative estimate of drug-likeness (QED) is 0.0657. The summed E-state index contributed by atoms with van der Waals surface area (Å²) in [5.74, 6) is 1.77. The van der Waals surface area contributed by atoms with Gasteiger partial charge in [-0.25, -0.2) is 33.7 Å². The van der Waals surface area contributed by atoms with Crippen LogP contribution in [0.15, 0.2) is 417 Å². The third-order valence-corrected chi connectivity index (χ3v) is 25.0. The molecule has 27 heteroatoms. The van der Waals surface area contributed by atoms with Crippen LogP contribution in [0.25, 0.3) is 172 Å². The van der Waals surface area contributed by atoms with E-state index in [9.17, 15) is 49.6 Å². The molecular weight excluding hydrogens is 2010 g/mol. The Bertz CT molecular complexity index is 7510. The summed E-state index contributed by atoms with van der Waals surface area (Å²) in [6.45, 7) is 0. The molecule has 0 aliphatic rings. The number of aromatic nitrogens is 8. The van der Waals surface area contributed by atoms with E-state index in [1.165, 1.54) is 46.9 Å². The molecule has 0 amide bonds. The van der Waals surface area contributed by atoms with Gasteiger partial charge in [0.15, 0.2) is 5.58 Å². The Hall–Kier alpha value is -14.5. The van der Waals surface area contributed by atoms with Gasteiger partial charge in [0, 0.05) is 118 Å². The molecule has 0 aliphatic carbocycles. The van der Waals surface area contributed by atoms with Gasteiger partial charge in [-0.05, 0) is 216 Å². The summed E-state index contributed by atoms with van der Waals surface area (Å²) < 4.78 is 36.2. The fourth-order valence-electron chi connectivity index (χ4n) is 14.1. The van der Waals surface area contributed by atoms with Gasteiger partial charge >= 0.3 is 0 Å². The predicted molar refractivity (Wildman–Crippen MR) is 534 cm³/mol. The molecular formula is C110H76F2N8O9S4Zn4. The number of phenols is 8. The zero-order valence-electron chi connectivity index (χ0n) is 73.0. The molecule has 0 radical (unpaired) electrons. The van der Waals surface area contributed by atoms with Gasteiger partial charge in [0.25, 0.3) is 0 Å². The smallest absolute Gasteiger partial charge is 0.231 e. The Morgan fingerprint density at radius 1 is 0.226 bits per heavy atom. The van der Waals surface area contributed by atoms with Crippen molar-refractivity contribution in [1.82, 2.24) is 39.9 Å². The number of pyridine rings is 3. The van der Waals surface area contributed by atoms with Gasteiger partial charge in [-0.15, -0.1) is 45.3 Å². The van der Waals surface area contributed by atoms with Gasteiger partial charge in [0.05, 0.1) is 74.4 Å². The SMILES string of the molecule is Oc1ccc(-c2ccc(F)cc2)cc1-c1nc2ccccc2s1.Oc1ccc(-c2ccc(F)cc2)cc1-c1nc2ccccc2s1.Oc1cccc2cccnc12.Oc1cccc2cccnc12.Oc1ccccc1-c1nc2ccccc2o1.Oc1ccccc1-c1nc2ccccc2s1.Oc1ccccc1-c1nc2ccccc2s1.Oc1ccccc1-c1nccc2ccccc12.[Zn].[Zn].[Zn].[Zn]. The van der Waals surface area contributed by atoms with E-state index in [0.29, 0.717) is 33.6 Å². The maximum atomic E-state index is 13.1. The minimum absolute atomic E-state index is 0. The van der Waals surface area contributed by atoms with Gasteiger partial charge in [-0.1, -0.05) is 206 Å². The van der Waals surface area contributed by atoms with Gasteiger partial charge in [-0.2, -0.15) is 0 Å². The second-order valence-electron chi connectivity index (χ2n) is 29.6. The number of para-hydroxylation sites is 12. The number of benzene rings is 16. The first kappa shape index (κ1) is 100.0. The number of hydrogen-bond acceptors (Lipinski definition) is 21. The van der Waals surface area contributed by atoms with Crippen LogP contribution in [0, 0.1) is 11.6 Å². The number of nitrogens with zero attached hydrogens (tertiary/aromatic N) is 8. The van der Waals surface area contributed by atoms with E-state index >= 15 is 0 Å². The first-order valence-electron chi connectivity index (χ1n) is 41.6. The van der Waals surface area contributed by atoms with Crippen LogP contribution in [-0.4, -0.2) is 80.7 Å². The molecule has 0 fully saturated rings. The zero-order chi connectivity index (χ0) is 91.5. The summed E-state index contributed by atoms with van der Waals surface area (Å²) in [5, 5.41) is 85.5.